The number of rotatable bonds is 5. The fourth-order valence-corrected chi connectivity index (χ4v) is 3.15. The van der Waals surface area contributed by atoms with Crippen LogP contribution in [0, 0.1) is 0 Å². The molecule has 0 N–H and O–H groups in total. The zero-order chi connectivity index (χ0) is 13.8. The summed E-state index contributed by atoms with van der Waals surface area (Å²) in [5, 5.41) is 6.08. The molecular weight excluding hydrogens is 272 g/mol. The lowest BCUT2D eigenvalue weighted by Crippen LogP contribution is -2.46. The van der Waals surface area contributed by atoms with Crippen molar-refractivity contribution in [3.05, 3.63) is 23.4 Å². The Morgan fingerprint density at radius 3 is 2.75 bits per heavy atom. The highest BCUT2D eigenvalue weighted by Gasteiger charge is 2.18. The van der Waals surface area contributed by atoms with Gasteiger partial charge in [0.1, 0.15) is 0 Å². The van der Waals surface area contributed by atoms with Crippen LogP contribution in [0.25, 0.3) is 10.7 Å². The molecule has 0 saturated carbocycles. The minimum atomic E-state index is 0.708. The normalized spacial score (nSPS) is 17.6. The van der Waals surface area contributed by atoms with Gasteiger partial charge in [-0.25, -0.2) is 0 Å². The van der Waals surface area contributed by atoms with Crippen LogP contribution in [0.15, 0.2) is 22.0 Å². The maximum Gasteiger partial charge on any atom is 0.241 e. The van der Waals surface area contributed by atoms with Crippen molar-refractivity contribution in [2.45, 2.75) is 19.9 Å². The van der Waals surface area contributed by atoms with Crippen molar-refractivity contribution in [1.82, 2.24) is 19.9 Å². The standard InChI is InChI=1S/C14H20N4OS/c1-2-5-17-6-8-18(9-7-17)11-13-15-14(16-19-13)12-4-3-10-20-12/h3-4,10H,2,5-9,11H2,1H3. The summed E-state index contributed by atoms with van der Waals surface area (Å²) >= 11 is 1.64. The van der Waals surface area contributed by atoms with Crippen LogP contribution in [0.2, 0.25) is 0 Å². The van der Waals surface area contributed by atoms with Gasteiger partial charge in [0, 0.05) is 26.2 Å². The summed E-state index contributed by atoms with van der Waals surface area (Å²) in [5.41, 5.74) is 0. The molecule has 0 bridgehead atoms. The molecular formula is C14H20N4OS. The highest BCUT2D eigenvalue weighted by atomic mass is 32.1. The van der Waals surface area contributed by atoms with Crippen molar-refractivity contribution in [1.29, 1.82) is 0 Å². The quantitative estimate of drug-likeness (QED) is 0.846. The van der Waals surface area contributed by atoms with E-state index in [2.05, 4.69) is 26.9 Å². The predicted molar refractivity (Wildman–Crippen MR) is 79.6 cm³/mol. The van der Waals surface area contributed by atoms with Gasteiger partial charge in [0.2, 0.25) is 11.7 Å². The van der Waals surface area contributed by atoms with Crippen molar-refractivity contribution in [3.63, 3.8) is 0 Å². The van der Waals surface area contributed by atoms with Crippen molar-refractivity contribution in [2.24, 2.45) is 0 Å². The molecule has 3 heterocycles. The van der Waals surface area contributed by atoms with Crippen LogP contribution in [-0.2, 0) is 6.54 Å². The van der Waals surface area contributed by atoms with Gasteiger partial charge < -0.3 is 9.42 Å². The molecule has 0 aliphatic carbocycles. The maximum absolute atomic E-state index is 5.36. The van der Waals surface area contributed by atoms with Gasteiger partial charge in [0.15, 0.2) is 0 Å². The van der Waals surface area contributed by atoms with Crippen LogP contribution < -0.4 is 0 Å². The third-order valence-electron chi connectivity index (χ3n) is 3.57. The number of hydrogen-bond donors (Lipinski definition) is 0. The largest absolute Gasteiger partial charge is 0.338 e. The molecule has 0 unspecified atom stereocenters. The molecule has 2 aromatic rings. The van der Waals surface area contributed by atoms with Gasteiger partial charge in [-0.05, 0) is 24.4 Å². The van der Waals surface area contributed by atoms with Crippen molar-refractivity contribution < 1.29 is 4.52 Å². The molecule has 0 atom stereocenters. The van der Waals surface area contributed by atoms with E-state index in [0.717, 1.165) is 43.5 Å². The molecule has 0 aromatic carbocycles. The van der Waals surface area contributed by atoms with Crippen LogP contribution in [0.3, 0.4) is 0 Å². The molecule has 0 amide bonds. The molecule has 0 radical (unpaired) electrons. The zero-order valence-electron chi connectivity index (χ0n) is 11.8. The second-order valence-corrected chi connectivity index (χ2v) is 6.05. The van der Waals surface area contributed by atoms with E-state index in [1.54, 1.807) is 11.3 Å². The Bertz CT molecular complexity index is 517. The average Bonchev–Trinajstić information content (AvgIpc) is 3.12. The van der Waals surface area contributed by atoms with Gasteiger partial charge in [-0.2, -0.15) is 4.98 Å². The molecule has 20 heavy (non-hydrogen) atoms. The van der Waals surface area contributed by atoms with Gasteiger partial charge in [0.05, 0.1) is 11.4 Å². The summed E-state index contributed by atoms with van der Waals surface area (Å²) in [6.07, 6.45) is 1.23. The fourth-order valence-electron chi connectivity index (χ4n) is 2.50. The molecule has 1 aliphatic heterocycles. The number of piperazine rings is 1. The van der Waals surface area contributed by atoms with Crippen molar-refractivity contribution >= 4 is 11.3 Å². The topological polar surface area (TPSA) is 45.4 Å². The number of aromatic nitrogens is 2. The first-order valence-electron chi connectivity index (χ1n) is 7.16. The first-order valence-corrected chi connectivity index (χ1v) is 8.04. The molecule has 1 fully saturated rings. The van der Waals surface area contributed by atoms with Crippen LogP contribution in [0.1, 0.15) is 19.2 Å². The number of thiophene rings is 1. The Hall–Kier alpha value is -1.24. The van der Waals surface area contributed by atoms with Crippen LogP contribution in [0.4, 0.5) is 0 Å². The van der Waals surface area contributed by atoms with E-state index >= 15 is 0 Å². The summed E-state index contributed by atoms with van der Waals surface area (Å²) in [4.78, 5) is 10.4. The minimum Gasteiger partial charge on any atom is -0.338 e. The van der Waals surface area contributed by atoms with Crippen LogP contribution in [0.5, 0.6) is 0 Å². The monoisotopic (exact) mass is 292 g/mol. The molecule has 108 valence electrons. The molecule has 1 aliphatic rings. The third-order valence-corrected chi connectivity index (χ3v) is 4.44. The van der Waals surface area contributed by atoms with E-state index in [0.29, 0.717) is 5.82 Å². The summed E-state index contributed by atoms with van der Waals surface area (Å²) < 4.78 is 5.36. The van der Waals surface area contributed by atoms with Gasteiger partial charge in [-0.1, -0.05) is 18.1 Å². The Kier molecular flexibility index (Phi) is 4.44. The molecule has 5 nitrogen and oxygen atoms in total. The molecule has 0 spiro atoms. The summed E-state index contributed by atoms with van der Waals surface area (Å²) in [7, 11) is 0. The Labute approximate surface area is 123 Å². The molecule has 1 saturated heterocycles. The lowest BCUT2D eigenvalue weighted by Gasteiger charge is -2.33. The second-order valence-electron chi connectivity index (χ2n) is 5.11. The molecule has 2 aromatic heterocycles. The summed E-state index contributed by atoms with van der Waals surface area (Å²) in [6.45, 7) is 8.64. The average molecular weight is 292 g/mol. The van der Waals surface area contributed by atoms with Gasteiger partial charge in [0.25, 0.3) is 0 Å². The predicted octanol–water partition coefficient (Wildman–Crippen LogP) is 2.33. The SMILES string of the molecule is CCCN1CCN(Cc2nc(-c3cccs3)no2)CC1. The highest BCUT2D eigenvalue weighted by molar-refractivity contribution is 7.13. The maximum atomic E-state index is 5.36. The zero-order valence-corrected chi connectivity index (χ0v) is 12.6. The Morgan fingerprint density at radius 1 is 1.25 bits per heavy atom. The molecule has 6 heteroatoms. The first-order chi connectivity index (χ1) is 9.85. The highest BCUT2D eigenvalue weighted by Crippen LogP contribution is 2.21. The van der Waals surface area contributed by atoms with E-state index < -0.39 is 0 Å². The van der Waals surface area contributed by atoms with Gasteiger partial charge >= 0.3 is 0 Å². The smallest absolute Gasteiger partial charge is 0.241 e. The lowest BCUT2D eigenvalue weighted by molar-refractivity contribution is 0.117. The van der Waals surface area contributed by atoms with Crippen molar-refractivity contribution in [2.75, 3.05) is 32.7 Å². The Morgan fingerprint density at radius 2 is 2.05 bits per heavy atom. The minimum absolute atomic E-state index is 0.708. The van der Waals surface area contributed by atoms with Crippen LogP contribution >= 0.6 is 11.3 Å². The molecule has 3 rings (SSSR count). The van der Waals surface area contributed by atoms with Crippen LogP contribution in [-0.4, -0.2) is 52.7 Å². The first kappa shape index (κ1) is 13.7. The third kappa shape index (κ3) is 3.26. The second kappa shape index (κ2) is 6.47. The van der Waals surface area contributed by atoms with E-state index in [-0.39, 0.29) is 0 Å². The lowest BCUT2D eigenvalue weighted by atomic mass is 10.3. The van der Waals surface area contributed by atoms with E-state index in [1.807, 2.05) is 17.5 Å². The Balaban J connectivity index is 1.54. The van der Waals surface area contributed by atoms with Gasteiger partial charge in [-0.15, -0.1) is 11.3 Å². The van der Waals surface area contributed by atoms with E-state index in [4.69, 9.17) is 4.52 Å². The summed E-state index contributed by atoms with van der Waals surface area (Å²) in [5.74, 6) is 1.43. The summed E-state index contributed by atoms with van der Waals surface area (Å²) in [6, 6.07) is 4.02. The van der Waals surface area contributed by atoms with Gasteiger partial charge in [-0.3, -0.25) is 4.90 Å². The van der Waals surface area contributed by atoms with E-state index in [1.165, 1.54) is 13.0 Å². The number of nitrogens with zero attached hydrogens (tertiary/aromatic N) is 4. The fraction of sp³-hybridized carbons (Fsp3) is 0.571. The van der Waals surface area contributed by atoms with E-state index in [9.17, 15) is 0 Å². The number of hydrogen-bond acceptors (Lipinski definition) is 6. The van der Waals surface area contributed by atoms with Crippen molar-refractivity contribution in [3.8, 4) is 10.7 Å².